The number of nitrogens with one attached hydrogen (secondary N) is 1. The lowest BCUT2D eigenvalue weighted by atomic mass is 9.79. The number of amides is 1. The monoisotopic (exact) mass is 461 g/mol. The summed E-state index contributed by atoms with van der Waals surface area (Å²) >= 11 is 13.1. The topological polar surface area (TPSA) is 55.4 Å². The van der Waals surface area contributed by atoms with E-state index in [9.17, 15) is 9.59 Å². The first-order valence-corrected chi connectivity index (χ1v) is 9.58. The highest BCUT2D eigenvalue weighted by Gasteiger charge is 2.67. The molecule has 1 amide bonds. The molecule has 2 saturated carbocycles. The number of alkyl halides is 1. The zero-order valence-corrected chi connectivity index (χ0v) is 16.1. The number of rotatable bonds is 2. The van der Waals surface area contributed by atoms with Crippen molar-refractivity contribution in [1.29, 1.82) is 0 Å². The van der Waals surface area contributed by atoms with E-state index in [1.54, 1.807) is 6.07 Å². The smallest absolute Gasteiger partial charge is 0.310 e. The second-order valence-corrected chi connectivity index (χ2v) is 8.85. The highest BCUT2D eigenvalue weighted by atomic mass is 79.9. The van der Waals surface area contributed by atoms with Crippen molar-refractivity contribution in [2.45, 2.75) is 24.3 Å². The lowest BCUT2D eigenvalue weighted by molar-refractivity contribution is -0.145. The molecule has 1 aromatic rings. The highest BCUT2D eigenvalue weighted by molar-refractivity contribution is 9.10. The van der Waals surface area contributed by atoms with Crippen molar-refractivity contribution in [3.05, 3.63) is 27.2 Å². The molecule has 1 aliphatic heterocycles. The van der Waals surface area contributed by atoms with Gasteiger partial charge in [0, 0.05) is 16.1 Å². The molecule has 2 bridgehead atoms. The predicted octanol–water partition coefficient (Wildman–Crippen LogP) is 3.92. The van der Waals surface area contributed by atoms with Gasteiger partial charge in [0.15, 0.2) is 0 Å². The minimum atomic E-state index is -0.336. The average molecular weight is 464 g/mol. The second kappa shape index (κ2) is 5.46. The van der Waals surface area contributed by atoms with Crippen LogP contribution in [0.2, 0.25) is 5.02 Å². The zero-order valence-electron chi connectivity index (χ0n) is 12.2. The van der Waals surface area contributed by atoms with E-state index >= 15 is 0 Å². The molecule has 3 aliphatic rings. The molecule has 1 aromatic carbocycles. The molecule has 0 spiro atoms. The Bertz CT molecular complexity index is 726. The zero-order chi connectivity index (χ0) is 16.5. The summed E-state index contributed by atoms with van der Waals surface area (Å²) in [6.07, 6.45) is 0.806. The number of carbonyl (C=O) groups is 2. The van der Waals surface area contributed by atoms with Crippen LogP contribution in [0.25, 0.3) is 0 Å². The van der Waals surface area contributed by atoms with Crippen LogP contribution < -0.4 is 5.32 Å². The van der Waals surface area contributed by atoms with Crippen molar-refractivity contribution in [2.75, 3.05) is 5.32 Å². The molecule has 4 rings (SSSR count). The molecule has 0 unspecified atom stereocenters. The molecule has 1 saturated heterocycles. The third kappa shape index (κ3) is 2.29. The number of halogens is 3. The van der Waals surface area contributed by atoms with E-state index in [1.807, 2.05) is 13.0 Å². The van der Waals surface area contributed by atoms with Gasteiger partial charge < -0.3 is 10.1 Å². The van der Waals surface area contributed by atoms with Gasteiger partial charge in [0.05, 0.1) is 21.7 Å². The van der Waals surface area contributed by atoms with E-state index in [4.69, 9.17) is 16.3 Å². The molecule has 7 heteroatoms. The average Bonchev–Trinajstić information content (AvgIpc) is 3.08. The van der Waals surface area contributed by atoms with Crippen LogP contribution in [0.15, 0.2) is 16.6 Å². The fourth-order valence-corrected chi connectivity index (χ4v) is 5.99. The van der Waals surface area contributed by atoms with Crippen molar-refractivity contribution >= 4 is 61.0 Å². The number of carbonyl (C=O) groups excluding carboxylic acids is 2. The molecule has 3 fully saturated rings. The molecule has 0 aromatic heterocycles. The largest absolute Gasteiger partial charge is 0.461 e. The van der Waals surface area contributed by atoms with Crippen molar-refractivity contribution < 1.29 is 14.3 Å². The molecule has 2 aliphatic carbocycles. The van der Waals surface area contributed by atoms with Crippen LogP contribution in [0.5, 0.6) is 0 Å². The van der Waals surface area contributed by atoms with E-state index < -0.39 is 0 Å². The quantitative estimate of drug-likeness (QED) is 0.534. The molecular weight excluding hydrogens is 449 g/mol. The summed E-state index contributed by atoms with van der Waals surface area (Å²) in [5, 5.41) is 3.50. The van der Waals surface area contributed by atoms with Gasteiger partial charge in [-0.2, -0.15) is 0 Å². The number of hydrogen-bond acceptors (Lipinski definition) is 3. The summed E-state index contributed by atoms with van der Waals surface area (Å²) in [5.41, 5.74) is 1.60. The number of benzene rings is 1. The molecule has 6 atom stereocenters. The SMILES string of the molecule is Cc1cc(Br)c(Cl)cc1NC(=O)[C@@H]1[C@H]2C[C@H]3[C@H](OC(=O)[C@H]31)[C@@H]2Br. The Hall–Kier alpha value is -0.590. The van der Waals surface area contributed by atoms with E-state index in [1.165, 1.54) is 0 Å². The van der Waals surface area contributed by atoms with Crippen molar-refractivity contribution in [3.8, 4) is 0 Å². The molecule has 122 valence electrons. The van der Waals surface area contributed by atoms with E-state index in [0.717, 1.165) is 16.5 Å². The predicted molar refractivity (Wildman–Crippen MR) is 93.7 cm³/mol. The molecule has 4 nitrogen and oxygen atoms in total. The van der Waals surface area contributed by atoms with Crippen LogP contribution in [-0.4, -0.2) is 22.8 Å². The van der Waals surface area contributed by atoms with Gasteiger partial charge >= 0.3 is 5.97 Å². The van der Waals surface area contributed by atoms with Gasteiger partial charge in [0.1, 0.15) is 6.10 Å². The Morgan fingerprint density at radius 1 is 1.39 bits per heavy atom. The third-order valence-corrected chi connectivity index (χ3v) is 7.75. The van der Waals surface area contributed by atoms with Crippen LogP contribution in [0.4, 0.5) is 5.69 Å². The fourth-order valence-electron chi connectivity index (χ4n) is 4.33. The summed E-state index contributed by atoms with van der Waals surface area (Å²) in [5.74, 6) is -0.668. The van der Waals surface area contributed by atoms with Gasteiger partial charge in [-0.15, -0.1) is 0 Å². The van der Waals surface area contributed by atoms with Gasteiger partial charge in [0.2, 0.25) is 5.91 Å². The minimum absolute atomic E-state index is 0.0644. The van der Waals surface area contributed by atoms with Crippen molar-refractivity contribution in [1.82, 2.24) is 0 Å². The van der Waals surface area contributed by atoms with Crippen molar-refractivity contribution in [3.63, 3.8) is 0 Å². The van der Waals surface area contributed by atoms with Crippen LogP contribution >= 0.6 is 43.5 Å². The summed E-state index contributed by atoms with van der Waals surface area (Å²) in [4.78, 5) is 25.0. The molecule has 1 heterocycles. The molecule has 0 radical (unpaired) electrons. The summed E-state index contributed by atoms with van der Waals surface area (Å²) in [7, 11) is 0. The minimum Gasteiger partial charge on any atom is -0.461 e. The number of fused-ring (bicyclic) bond motifs is 1. The number of esters is 1. The number of hydrogen-bond donors (Lipinski definition) is 1. The van der Waals surface area contributed by atoms with Crippen LogP contribution in [0.1, 0.15) is 12.0 Å². The Morgan fingerprint density at radius 2 is 2.13 bits per heavy atom. The van der Waals surface area contributed by atoms with Gasteiger partial charge in [-0.1, -0.05) is 27.5 Å². The lowest BCUT2D eigenvalue weighted by Gasteiger charge is -2.27. The van der Waals surface area contributed by atoms with Crippen LogP contribution in [-0.2, 0) is 14.3 Å². The maximum Gasteiger partial charge on any atom is 0.310 e. The first-order chi connectivity index (χ1) is 10.9. The Labute approximate surface area is 155 Å². The number of aryl methyl sites for hydroxylation is 1. The first-order valence-electron chi connectivity index (χ1n) is 7.49. The molecule has 1 N–H and O–H groups in total. The van der Waals surface area contributed by atoms with E-state index in [0.29, 0.717) is 10.7 Å². The van der Waals surface area contributed by atoms with Gasteiger partial charge in [0.25, 0.3) is 0 Å². The molecular formula is C16H14Br2ClNO3. The third-order valence-electron chi connectivity index (χ3n) is 5.35. The maximum atomic E-state index is 12.8. The maximum absolute atomic E-state index is 12.8. The number of anilines is 1. The van der Waals surface area contributed by atoms with Crippen LogP contribution in [0, 0.1) is 30.6 Å². The standard InChI is InChI=1S/C16H14Br2ClNO3/c1-5-2-8(17)9(19)4-10(5)20-15(21)11-6-3-7-12(11)16(22)23-14(7)13(6)18/h2,4,6-7,11-14H,3H2,1H3,(H,20,21)/t6-,7-,11-,12-,13-,14+/m1/s1. The van der Waals surface area contributed by atoms with Crippen LogP contribution in [0.3, 0.4) is 0 Å². The first kappa shape index (κ1) is 15.9. The second-order valence-electron chi connectivity index (χ2n) is 6.53. The highest BCUT2D eigenvalue weighted by Crippen LogP contribution is 2.60. The normalized spacial score (nSPS) is 37.1. The van der Waals surface area contributed by atoms with Gasteiger partial charge in [-0.3, -0.25) is 9.59 Å². The summed E-state index contributed by atoms with van der Waals surface area (Å²) in [6.45, 7) is 1.91. The summed E-state index contributed by atoms with van der Waals surface area (Å²) < 4.78 is 6.24. The van der Waals surface area contributed by atoms with Gasteiger partial charge in [-0.25, -0.2) is 0 Å². The lowest BCUT2D eigenvalue weighted by Crippen LogP contribution is -2.40. The summed E-state index contributed by atoms with van der Waals surface area (Å²) in [6, 6.07) is 3.60. The Kier molecular flexibility index (Phi) is 3.78. The van der Waals surface area contributed by atoms with E-state index in [-0.39, 0.29) is 46.5 Å². The Morgan fingerprint density at radius 3 is 2.87 bits per heavy atom. The Balaban J connectivity index is 1.61. The van der Waals surface area contributed by atoms with E-state index in [2.05, 4.69) is 37.2 Å². The van der Waals surface area contributed by atoms with Crippen molar-refractivity contribution in [2.24, 2.45) is 23.7 Å². The number of ether oxygens (including phenoxy) is 1. The fraction of sp³-hybridized carbons (Fsp3) is 0.500. The van der Waals surface area contributed by atoms with Gasteiger partial charge in [-0.05, 0) is 52.9 Å². The molecule has 23 heavy (non-hydrogen) atoms.